The van der Waals surface area contributed by atoms with Crippen molar-refractivity contribution in [2.45, 2.75) is 26.0 Å². The Hall–Kier alpha value is -1.58. The molecule has 0 amide bonds. The van der Waals surface area contributed by atoms with Crippen LogP contribution in [0.3, 0.4) is 0 Å². The van der Waals surface area contributed by atoms with Gasteiger partial charge in [0, 0.05) is 24.0 Å². The van der Waals surface area contributed by atoms with Gasteiger partial charge in [0.15, 0.2) is 0 Å². The summed E-state index contributed by atoms with van der Waals surface area (Å²) in [5.41, 5.74) is 2.23. The standard InChI is InChI=1S/C16H19ClN2O/c1-12(18-2)9-13-3-5-15(6-4-13)20-11-14-7-8-19-10-16(14)17/h3-8,10,12,18H,9,11H2,1-2H3. The highest BCUT2D eigenvalue weighted by Gasteiger charge is 2.03. The molecular formula is C16H19ClN2O. The highest BCUT2D eigenvalue weighted by molar-refractivity contribution is 6.31. The van der Waals surface area contributed by atoms with Gasteiger partial charge in [0.05, 0.1) is 5.02 Å². The maximum atomic E-state index is 6.04. The fourth-order valence-electron chi connectivity index (χ4n) is 1.86. The minimum absolute atomic E-state index is 0.452. The Morgan fingerprint density at radius 2 is 2.00 bits per heavy atom. The highest BCUT2D eigenvalue weighted by atomic mass is 35.5. The van der Waals surface area contributed by atoms with Crippen LogP contribution in [0.5, 0.6) is 5.75 Å². The molecule has 0 spiro atoms. The van der Waals surface area contributed by atoms with Gasteiger partial charge in [-0.15, -0.1) is 0 Å². The quantitative estimate of drug-likeness (QED) is 0.884. The molecule has 3 nitrogen and oxygen atoms in total. The molecule has 1 unspecified atom stereocenters. The molecule has 0 radical (unpaired) electrons. The average molecular weight is 291 g/mol. The van der Waals surface area contributed by atoms with E-state index in [0.717, 1.165) is 17.7 Å². The second kappa shape index (κ2) is 7.27. The predicted molar refractivity (Wildman–Crippen MR) is 82.2 cm³/mol. The summed E-state index contributed by atoms with van der Waals surface area (Å²) in [6, 6.07) is 10.5. The first-order valence-corrected chi connectivity index (χ1v) is 7.04. The molecule has 20 heavy (non-hydrogen) atoms. The van der Waals surface area contributed by atoms with E-state index in [-0.39, 0.29) is 0 Å². The van der Waals surface area contributed by atoms with Crippen LogP contribution in [0, 0.1) is 0 Å². The molecule has 0 aliphatic rings. The lowest BCUT2D eigenvalue weighted by atomic mass is 10.1. The second-order valence-corrected chi connectivity index (χ2v) is 5.20. The van der Waals surface area contributed by atoms with Crippen molar-refractivity contribution in [2.75, 3.05) is 7.05 Å². The summed E-state index contributed by atoms with van der Waals surface area (Å²) in [4.78, 5) is 3.95. The lowest BCUT2D eigenvalue weighted by molar-refractivity contribution is 0.306. The zero-order valence-electron chi connectivity index (χ0n) is 11.8. The van der Waals surface area contributed by atoms with Crippen molar-refractivity contribution in [3.05, 3.63) is 58.9 Å². The molecule has 2 aromatic rings. The highest BCUT2D eigenvalue weighted by Crippen LogP contribution is 2.18. The van der Waals surface area contributed by atoms with Crippen molar-refractivity contribution >= 4 is 11.6 Å². The Morgan fingerprint density at radius 1 is 1.25 bits per heavy atom. The molecule has 0 aliphatic carbocycles. The minimum Gasteiger partial charge on any atom is -0.489 e. The number of nitrogens with zero attached hydrogens (tertiary/aromatic N) is 1. The molecular weight excluding hydrogens is 272 g/mol. The predicted octanol–water partition coefficient (Wildman–Crippen LogP) is 3.46. The number of benzene rings is 1. The van der Waals surface area contributed by atoms with E-state index in [1.807, 2.05) is 25.2 Å². The largest absolute Gasteiger partial charge is 0.489 e. The van der Waals surface area contributed by atoms with Gasteiger partial charge in [-0.05, 0) is 44.2 Å². The van der Waals surface area contributed by atoms with E-state index >= 15 is 0 Å². The number of halogens is 1. The van der Waals surface area contributed by atoms with Crippen LogP contribution in [-0.2, 0) is 13.0 Å². The Balaban J connectivity index is 1.92. The molecule has 1 aromatic carbocycles. The van der Waals surface area contributed by atoms with Crippen LogP contribution in [0.2, 0.25) is 5.02 Å². The zero-order chi connectivity index (χ0) is 14.4. The Morgan fingerprint density at radius 3 is 2.65 bits per heavy atom. The van der Waals surface area contributed by atoms with Crippen molar-refractivity contribution in [1.29, 1.82) is 0 Å². The first-order valence-electron chi connectivity index (χ1n) is 6.66. The SMILES string of the molecule is CNC(C)Cc1ccc(OCc2ccncc2Cl)cc1. The van der Waals surface area contributed by atoms with E-state index in [0.29, 0.717) is 17.7 Å². The molecule has 1 aromatic heterocycles. The lowest BCUT2D eigenvalue weighted by Crippen LogP contribution is -2.23. The van der Waals surface area contributed by atoms with Gasteiger partial charge in [0.25, 0.3) is 0 Å². The Bertz CT molecular complexity index is 542. The van der Waals surface area contributed by atoms with E-state index in [1.165, 1.54) is 5.56 Å². The summed E-state index contributed by atoms with van der Waals surface area (Å²) < 4.78 is 5.73. The van der Waals surface area contributed by atoms with Crippen LogP contribution in [-0.4, -0.2) is 18.1 Å². The minimum atomic E-state index is 0.452. The lowest BCUT2D eigenvalue weighted by Gasteiger charge is -2.11. The maximum Gasteiger partial charge on any atom is 0.119 e. The van der Waals surface area contributed by atoms with Crippen LogP contribution in [0.1, 0.15) is 18.1 Å². The average Bonchev–Trinajstić information content (AvgIpc) is 2.48. The van der Waals surface area contributed by atoms with Gasteiger partial charge in [-0.2, -0.15) is 0 Å². The first-order chi connectivity index (χ1) is 9.69. The van der Waals surface area contributed by atoms with Gasteiger partial charge in [-0.3, -0.25) is 4.98 Å². The third kappa shape index (κ3) is 4.22. The number of likely N-dealkylation sites (N-methyl/N-ethyl adjacent to an activating group) is 1. The molecule has 0 fully saturated rings. The molecule has 2 rings (SSSR count). The number of aromatic nitrogens is 1. The van der Waals surface area contributed by atoms with E-state index in [9.17, 15) is 0 Å². The topological polar surface area (TPSA) is 34.1 Å². The Labute approximate surface area is 124 Å². The number of ether oxygens (including phenoxy) is 1. The summed E-state index contributed by atoms with van der Waals surface area (Å²) >= 11 is 6.04. The molecule has 0 saturated heterocycles. The Kier molecular flexibility index (Phi) is 5.39. The molecule has 106 valence electrons. The number of pyridine rings is 1. The van der Waals surface area contributed by atoms with Crippen molar-refractivity contribution in [3.8, 4) is 5.75 Å². The number of rotatable bonds is 6. The number of hydrogen-bond acceptors (Lipinski definition) is 3. The van der Waals surface area contributed by atoms with Gasteiger partial charge in [0.2, 0.25) is 0 Å². The van der Waals surface area contributed by atoms with Crippen LogP contribution >= 0.6 is 11.6 Å². The van der Waals surface area contributed by atoms with Crippen LogP contribution in [0.4, 0.5) is 0 Å². The molecule has 0 aliphatic heterocycles. The van der Waals surface area contributed by atoms with Gasteiger partial charge in [0.1, 0.15) is 12.4 Å². The fraction of sp³-hybridized carbons (Fsp3) is 0.312. The van der Waals surface area contributed by atoms with Crippen molar-refractivity contribution in [1.82, 2.24) is 10.3 Å². The zero-order valence-corrected chi connectivity index (χ0v) is 12.5. The van der Waals surface area contributed by atoms with Crippen molar-refractivity contribution in [2.24, 2.45) is 0 Å². The monoisotopic (exact) mass is 290 g/mol. The van der Waals surface area contributed by atoms with Crippen molar-refractivity contribution in [3.63, 3.8) is 0 Å². The first kappa shape index (κ1) is 14.8. The molecule has 4 heteroatoms. The molecule has 1 heterocycles. The second-order valence-electron chi connectivity index (χ2n) is 4.79. The fourth-order valence-corrected chi connectivity index (χ4v) is 2.03. The third-order valence-corrected chi connectivity index (χ3v) is 3.55. The molecule has 0 bridgehead atoms. The van der Waals surface area contributed by atoms with E-state index < -0.39 is 0 Å². The van der Waals surface area contributed by atoms with E-state index in [2.05, 4.69) is 29.4 Å². The smallest absolute Gasteiger partial charge is 0.119 e. The van der Waals surface area contributed by atoms with Gasteiger partial charge in [-0.1, -0.05) is 23.7 Å². The normalized spacial score (nSPS) is 12.2. The van der Waals surface area contributed by atoms with Crippen LogP contribution in [0.25, 0.3) is 0 Å². The van der Waals surface area contributed by atoms with Gasteiger partial charge in [-0.25, -0.2) is 0 Å². The van der Waals surface area contributed by atoms with E-state index in [1.54, 1.807) is 12.4 Å². The molecule has 1 N–H and O–H groups in total. The van der Waals surface area contributed by atoms with Crippen molar-refractivity contribution < 1.29 is 4.74 Å². The van der Waals surface area contributed by atoms with Crippen LogP contribution < -0.4 is 10.1 Å². The third-order valence-electron chi connectivity index (χ3n) is 3.21. The van der Waals surface area contributed by atoms with Crippen LogP contribution in [0.15, 0.2) is 42.7 Å². The van der Waals surface area contributed by atoms with E-state index in [4.69, 9.17) is 16.3 Å². The summed E-state index contributed by atoms with van der Waals surface area (Å²) in [7, 11) is 1.97. The summed E-state index contributed by atoms with van der Waals surface area (Å²) in [5, 5.41) is 3.86. The van der Waals surface area contributed by atoms with Gasteiger partial charge >= 0.3 is 0 Å². The summed E-state index contributed by atoms with van der Waals surface area (Å²) in [6.07, 6.45) is 4.35. The van der Waals surface area contributed by atoms with Gasteiger partial charge < -0.3 is 10.1 Å². The maximum absolute atomic E-state index is 6.04. The summed E-state index contributed by atoms with van der Waals surface area (Å²) in [6.45, 7) is 2.61. The number of hydrogen-bond donors (Lipinski definition) is 1. The molecule has 0 saturated carbocycles. The number of nitrogens with one attached hydrogen (secondary N) is 1. The molecule has 1 atom stereocenters. The summed E-state index contributed by atoms with van der Waals surface area (Å²) in [5.74, 6) is 0.846.